The van der Waals surface area contributed by atoms with Gasteiger partial charge < -0.3 is 14.4 Å². The first kappa shape index (κ1) is 13.8. The van der Waals surface area contributed by atoms with E-state index in [0.717, 1.165) is 0 Å². The molecule has 0 aromatic heterocycles. The van der Waals surface area contributed by atoms with Gasteiger partial charge in [-0.2, -0.15) is 0 Å². The Labute approximate surface area is 114 Å². The number of nitrogens with zero attached hydrogens (tertiary/aromatic N) is 2. The minimum atomic E-state index is -0.558. The van der Waals surface area contributed by atoms with Crippen molar-refractivity contribution in [2.45, 2.75) is 6.42 Å². The third-order valence-corrected chi connectivity index (χ3v) is 2.86. The van der Waals surface area contributed by atoms with Gasteiger partial charge in [0, 0.05) is 18.7 Å². The number of anilines is 1. The molecule has 1 heterocycles. The van der Waals surface area contributed by atoms with Crippen molar-refractivity contribution < 1.29 is 24.0 Å². The summed E-state index contributed by atoms with van der Waals surface area (Å²) in [6, 6.07) is 3.99. The highest BCUT2D eigenvalue weighted by Crippen LogP contribution is 2.35. The Morgan fingerprint density at radius 3 is 2.95 bits per heavy atom. The van der Waals surface area contributed by atoms with Crippen LogP contribution in [0.3, 0.4) is 0 Å². The summed E-state index contributed by atoms with van der Waals surface area (Å²) in [4.78, 5) is 34.5. The lowest BCUT2D eigenvalue weighted by atomic mass is 10.2. The molecule has 0 atom stereocenters. The molecule has 0 N–H and O–H groups in total. The quantitative estimate of drug-likeness (QED) is 0.461. The lowest BCUT2D eigenvalue weighted by Crippen LogP contribution is -2.40. The number of ether oxygens (including phenoxy) is 2. The Morgan fingerprint density at radius 1 is 1.55 bits per heavy atom. The highest BCUT2D eigenvalue weighted by Gasteiger charge is 2.27. The second kappa shape index (κ2) is 5.55. The number of amides is 1. The standard InChI is InChI=1S/C12H12N2O6/c1-19-12(16)4-5-13-9-6-8(14(17)18)2-3-10(9)20-7-11(13)15/h2-3,6H,4-5,7H2,1H3. The second-order valence-electron chi connectivity index (χ2n) is 4.07. The van der Waals surface area contributed by atoms with Crippen molar-refractivity contribution in [3.8, 4) is 5.75 Å². The molecule has 1 aromatic rings. The molecule has 0 bridgehead atoms. The molecule has 0 spiro atoms. The number of hydrogen-bond acceptors (Lipinski definition) is 6. The molecular formula is C12H12N2O6. The Morgan fingerprint density at radius 2 is 2.30 bits per heavy atom. The maximum atomic E-state index is 11.8. The van der Waals surface area contributed by atoms with Gasteiger partial charge in [0.15, 0.2) is 6.61 Å². The topological polar surface area (TPSA) is 99.0 Å². The zero-order chi connectivity index (χ0) is 14.7. The maximum absolute atomic E-state index is 11.8. The van der Waals surface area contributed by atoms with E-state index >= 15 is 0 Å². The van der Waals surface area contributed by atoms with Crippen LogP contribution in [0.1, 0.15) is 6.42 Å². The monoisotopic (exact) mass is 280 g/mol. The van der Waals surface area contributed by atoms with Crippen LogP contribution < -0.4 is 9.64 Å². The molecule has 8 heteroatoms. The first-order valence-electron chi connectivity index (χ1n) is 5.81. The van der Waals surface area contributed by atoms with Gasteiger partial charge in [-0.25, -0.2) is 0 Å². The van der Waals surface area contributed by atoms with E-state index in [0.29, 0.717) is 11.4 Å². The Kier molecular flexibility index (Phi) is 3.83. The van der Waals surface area contributed by atoms with Gasteiger partial charge in [-0.05, 0) is 6.07 Å². The molecule has 1 aliphatic rings. The van der Waals surface area contributed by atoms with Crippen LogP contribution in [0.2, 0.25) is 0 Å². The van der Waals surface area contributed by atoms with Gasteiger partial charge in [-0.1, -0.05) is 0 Å². The number of nitro groups is 1. The van der Waals surface area contributed by atoms with Crippen LogP contribution >= 0.6 is 0 Å². The molecule has 0 fully saturated rings. The van der Waals surface area contributed by atoms with Gasteiger partial charge in [-0.3, -0.25) is 19.7 Å². The van der Waals surface area contributed by atoms with Gasteiger partial charge in [-0.15, -0.1) is 0 Å². The smallest absolute Gasteiger partial charge is 0.307 e. The first-order chi connectivity index (χ1) is 9.52. The van der Waals surface area contributed by atoms with Crippen LogP contribution in [0.25, 0.3) is 0 Å². The van der Waals surface area contributed by atoms with Crippen molar-refractivity contribution >= 4 is 23.3 Å². The fraction of sp³-hybridized carbons (Fsp3) is 0.333. The van der Waals surface area contributed by atoms with Gasteiger partial charge in [0.1, 0.15) is 5.75 Å². The number of fused-ring (bicyclic) bond motifs is 1. The molecule has 0 unspecified atom stereocenters. The highest BCUT2D eigenvalue weighted by molar-refractivity contribution is 5.98. The number of hydrogen-bond donors (Lipinski definition) is 0. The minimum Gasteiger partial charge on any atom is -0.482 e. The molecular weight excluding hydrogens is 268 g/mol. The zero-order valence-electron chi connectivity index (χ0n) is 10.7. The molecule has 0 aliphatic carbocycles. The number of methoxy groups -OCH3 is 1. The fourth-order valence-electron chi connectivity index (χ4n) is 1.85. The summed E-state index contributed by atoms with van der Waals surface area (Å²) in [6.45, 7) is -0.0744. The number of benzene rings is 1. The Bertz CT molecular complexity index is 571. The van der Waals surface area contributed by atoms with Crippen molar-refractivity contribution in [3.05, 3.63) is 28.3 Å². The molecule has 20 heavy (non-hydrogen) atoms. The van der Waals surface area contributed by atoms with E-state index in [9.17, 15) is 19.7 Å². The molecule has 1 aliphatic heterocycles. The van der Waals surface area contributed by atoms with E-state index in [1.165, 1.54) is 30.2 Å². The molecule has 106 valence electrons. The van der Waals surface area contributed by atoms with E-state index in [1.807, 2.05) is 0 Å². The number of rotatable bonds is 4. The van der Waals surface area contributed by atoms with Crippen LogP contribution in [-0.4, -0.2) is 37.1 Å². The van der Waals surface area contributed by atoms with Gasteiger partial charge in [0.25, 0.3) is 11.6 Å². The molecule has 0 saturated carbocycles. The van der Waals surface area contributed by atoms with Crippen molar-refractivity contribution in [1.29, 1.82) is 0 Å². The third kappa shape index (κ3) is 2.68. The predicted octanol–water partition coefficient (Wildman–Crippen LogP) is 0.883. The van der Waals surface area contributed by atoms with Crippen molar-refractivity contribution in [1.82, 2.24) is 0 Å². The Hall–Kier alpha value is -2.64. The lowest BCUT2D eigenvalue weighted by Gasteiger charge is -2.28. The van der Waals surface area contributed by atoms with Crippen LogP contribution in [0.4, 0.5) is 11.4 Å². The SMILES string of the molecule is COC(=O)CCN1C(=O)COc2ccc([N+](=O)[O-])cc21. The number of esters is 1. The second-order valence-corrected chi connectivity index (χ2v) is 4.07. The summed E-state index contributed by atoms with van der Waals surface area (Å²) in [5.74, 6) is -0.446. The van der Waals surface area contributed by atoms with Gasteiger partial charge in [0.05, 0.1) is 24.1 Å². The molecule has 0 saturated heterocycles. The average Bonchev–Trinajstić information content (AvgIpc) is 2.45. The summed E-state index contributed by atoms with van der Waals surface area (Å²) in [5, 5.41) is 10.8. The zero-order valence-corrected chi connectivity index (χ0v) is 10.7. The molecule has 1 amide bonds. The number of nitro benzene ring substituents is 1. The normalized spacial score (nSPS) is 13.4. The van der Waals surface area contributed by atoms with E-state index in [4.69, 9.17) is 4.74 Å². The van der Waals surface area contributed by atoms with Crippen LogP contribution in [0, 0.1) is 10.1 Å². The summed E-state index contributed by atoms with van der Waals surface area (Å²) in [7, 11) is 1.25. The van der Waals surface area contributed by atoms with E-state index in [-0.39, 0.29) is 31.2 Å². The average molecular weight is 280 g/mol. The van der Waals surface area contributed by atoms with Crippen molar-refractivity contribution in [3.63, 3.8) is 0 Å². The van der Waals surface area contributed by atoms with Crippen LogP contribution in [0.15, 0.2) is 18.2 Å². The minimum absolute atomic E-state index is 0.00434. The van der Waals surface area contributed by atoms with E-state index < -0.39 is 10.9 Å². The van der Waals surface area contributed by atoms with E-state index in [1.54, 1.807) is 0 Å². The number of carbonyl (C=O) groups excluding carboxylic acids is 2. The summed E-state index contributed by atoms with van der Waals surface area (Å²) >= 11 is 0. The molecule has 2 rings (SSSR count). The summed E-state index contributed by atoms with van der Waals surface area (Å²) < 4.78 is 9.71. The van der Waals surface area contributed by atoms with Gasteiger partial charge in [0.2, 0.25) is 0 Å². The maximum Gasteiger partial charge on any atom is 0.307 e. The van der Waals surface area contributed by atoms with Gasteiger partial charge >= 0.3 is 5.97 Å². The largest absolute Gasteiger partial charge is 0.482 e. The molecule has 1 aromatic carbocycles. The van der Waals surface area contributed by atoms with Crippen LogP contribution in [-0.2, 0) is 14.3 Å². The molecule has 0 radical (unpaired) electrons. The predicted molar refractivity (Wildman–Crippen MR) is 67.6 cm³/mol. The fourth-order valence-corrected chi connectivity index (χ4v) is 1.85. The Balaban J connectivity index is 2.29. The van der Waals surface area contributed by atoms with Crippen molar-refractivity contribution in [2.75, 3.05) is 25.2 Å². The lowest BCUT2D eigenvalue weighted by molar-refractivity contribution is -0.384. The van der Waals surface area contributed by atoms with Crippen molar-refractivity contribution in [2.24, 2.45) is 0 Å². The summed E-state index contributed by atoms with van der Waals surface area (Å²) in [5.41, 5.74) is 0.143. The number of non-ortho nitro benzene ring substituents is 1. The highest BCUT2D eigenvalue weighted by atomic mass is 16.6. The van der Waals surface area contributed by atoms with E-state index in [2.05, 4.69) is 4.74 Å². The van der Waals surface area contributed by atoms with Crippen LogP contribution in [0.5, 0.6) is 5.75 Å². The third-order valence-electron chi connectivity index (χ3n) is 2.86. The summed E-state index contributed by atoms with van der Waals surface area (Å²) in [6.07, 6.45) is 0.00434. The first-order valence-corrected chi connectivity index (χ1v) is 5.81. The molecule has 8 nitrogen and oxygen atoms in total. The number of carbonyl (C=O) groups is 2.